The van der Waals surface area contributed by atoms with Crippen molar-refractivity contribution in [3.8, 4) is 0 Å². The molecule has 1 saturated carbocycles. The molecule has 1 heterocycles. The van der Waals surface area contributed by atoms with E-state index in [9.17, 15) is 9.59 Å². The van der Waals surface area contributed by atoms with Gasteiger partial charge in [0, 0.05) is 6.04 Å². The molecule has 7 nitrogen and oxygen atoms in total. The Kier molecular flexibility index (Phi) is 3.94. The Hall–Kier alpha value is -2.18. The highest BCUT2D eigenvalue weighted by molar-refractivity contribution is 5.88. The van der Waals surface area contributed by atoms with E-state index in [2.05, 4.69) is 22.2 Å². The third-order valence-electron chi connectivity index (χ3n) is 2.74. The summed E-state index contributed by atoms with van der Waals surface area (Å²) in [6.07, 6.45) is 3.53. The number of esters is 1. The maximum atomic E-state index is 11.6. The summed E-state index contributed by atoms with van der Waals surface area (Å²) in [5.74, 6) is -0.687. The number of amides is 1. The van der Waals surface area contributed by atoms with Gasteiger partial charge in [-0.25, -0.2) is 9.48 Å². The first-order valence-electron chi connectivity index (χ1n) is 6.09. The van der Waals surface area contributed by atoms with Crippen LogP contribution in [0.25, 0.3) is 0 Å². The van der Waals surface area contributed by atoms with Crippen molar-refractivity contribution >= 4 is 11.9 Å². The van der Waals surface area contributed by atoms with Gasteiger partial charge in [0.15, 0.2) is 5.69 Å². The van der Waals surface area contributed by atoms with Crippen LogP contribution >= 0.6 is 0 Å². The van der Waals surface area contributed by atoms with Crippen LogP contribution in [0.4, 0.5) is 0 Å². The fraction of sp³-hybridized carbons (Fsp3) is 0.500. The van der Waals surface area contributed by atoms with Gasteiger partial charge >= 0.3 is 5.97 Å². The number of nitrogens with zero attached hydrogens (tertiary/aromatic N) is 3. The molecule has 1 amide bonds. The lowest BCUT2D eigenvalue weighted by Crippen LogP contribution is -2.30. The third-order valence-corrected chi connectivity index (χ3v) is 2.74. The van der Waals surface area contributed by atoms with Crippen LogP contribution in [0.1, 0.15) is 29.0 Å². The number of hydrogen-bond acceptors (Lipinski definition) is 5. The molecule has 2 rings (SSSR count). The average molecular weight is 264 g/mol. The van der Waals surface area contributed by atoms with Crippen molar-refractivity contribution in [3.05, 3.63) is 24.0 Å². The van der Waals surface area contributed by atoms with E-state index in [1.54, 1.807) is 6.92 Å². The van der Waals surface area contributed by atoms with Gasteiger partial charge in [-0.3, -0.25) is 4.79 Å². The zero-order chi connectivity index (χ0) is 13.8. The van der Waals surface area contributed by atoms with Gasteiger partial charge in [0.2, 0.25) is 5.91 Å². The quantitative estimate of drug-likeness (QED) is 0.586. The third kappa shape index (κ3) is 3.40. The molecule has 1 aliphatic rings. The number of nitrogens with one attached hydrogen (secondary N) is 1. The smallest absolute Gasteiger partial charge is 0.361 e. The lowest BCUT2D eigenvalue weighted by atomic mass is 10.3. The zero-order valence-corrected chi connectivity index (χ0v) is 10.8. The molecule has 19 heavy (non-hydrogen) atoms. The molecule has 1 aromatic rings. The van der Waals surface area contributed by atoms with Crippen LogP contribution in [0.15, 0.2) is 12.7 Å². The minimum Gasteiger partial charge on any atom is -0.457 e. The number of aromatic nitrogens is 3. The van der Waals surface area contributed by atoms with Gasteiger partial charge in [-0.15, -0.1) is 5.10 Å². The van der Waals surface area contributed by atoms with Crippen molar-refractivity contribution in [1.82, 2.24) is 20.3 Å². The number of hydrogen-bond donors (Lipinski definition) is 1. The van der Waals surface area contributed by atoms with E-state index in [0.29, 0.717) is 11.7 Å². The van der Waals surface area contributed by atoms with E-state index in [-0.39, 0.29) is 24.8 Å². The predicted octanol–water partition coefficient (Wildman–Crippen LogP) is 0.208. The van der Waals surface area contributed by atoms with E-state index < -0.39 is 5.97 Å². The number of ether oxygens (including phenoxy) is 1. The molecule has 0 saturated heterocycles. The summed E-state index contributed by atoms with van der Waals surface area (Å²) in [6.45, 7) is 5.31. The second-order valence-electron chi connectivity index (χ2n) is 4.41. The molecular weight excluding hydrogens is 248 g/mol. The Bertz CT molecular complexity index is 505. The number of carbonyl (C=O) groups excluding carboxylic acids is 2. The summed E-state index contributed by atoms with van der Waals surface area (Å²) in [6, 6.07) is 0.299. The molecular formula is C12H16N4O3. The highest BCUT2D eigenvalue weighted by Gasteiger charge is 2.24. The lowest BCUT2D eigenvalue weighted by molar-refractivity contribution is -0.122. The molecule has 102 valence electrons. The largest absolute Gasteiger partial charge is 0.457 e. The topological polar surface area (TPSA) is 86.1 Å². The molecule has 0 aliphatic heterocycles. The van der Waals surface area contributed by atoms with E-state index >= 15 is 0 Å². The van der Waals surface area contributed by atoms with Crippen LogP contribution in [-0.4, -0.2) is 39.5 Å². The van der Waals surface area contributed by atoms with Gasteiger partial charge < -0.3 is 10.1 Å². The Balaban J connectivity index is 1.98. The van der Waals surface area contributed by atoms with Gasteiger partial charge in [-0.2, -0.15) is 0 Å². The first kappa shape index (κ1) is 13.3. The summed E-state index contributed by atoms with van der Waals surface area (Å²) < 4.78 is 6.27. The van der Waals surface area contributed by atoms with E-state index in [0.717, 1.165) is 12.8 Å². The first-order valence-corrected chi connectivity index (χ1v) is 6.09. The maximum absolute atomic E-state index is 11.6. The van der Waals surface area contributed by atoms with E-state index in [1.165, 1.54) is 10.8 Å². The summed E-state index contributed by atoms with van der Waals surface area (Å²) in [7, 11) is 0. The lowest BCUT2D eigenvalue weighted by Gasteiger charge is -2.04. The molecule has 0 atom stereocenters. The van der Waals surface area contributed by atoms with Gasteiger partial charge in [-0.1, -0.05) is 17.9 Å². The highest BCUT2D eigenvalue weighted by Crippen LogP contribution is 2.18. The van der Waals surface area contributed by atoms with Gasteiger partial charge in [0.05, 0.1) is 5.69 Å². The summed E-state index contributed by atoms with van der Waals surface area (Å²) in [5, 5.41) is 10.4. The SMILES string of the molecule is C=CCOC(=O)c1nnn(CC(=O)NC2CC2)c1C. The molecule has 0 radical (unpaired) electrons. The zero-order valence-electron chi connectivity index (χ0n) is 10.8. The molecule has 1 aromatic heterocycles. The fourth-order valence-electron chi connectivity index (χ4n) is 1.54. The fourth-order valence-corrected chi connectivity index (χ4v) is 1.54. The standard InChI is InChI=1S/C12H16N4O3/c1-3-6-19-12(18)11-8(2)16(15-14-11)7-10(17)13-9-4-5-9/h3,9H,1,4-7H2,2H3,(H,13,17). The Labute approximate surface area is 110 Å². The van der Waals surface area contributed by atoms with Gasteiger partial charge in [0.25, 0.3) is 0 Å². The summed E-state index contributed by atoms with van der Waals surface area (Å²) in [5.41, 5.74) is 0.640. The van der Waals surface area contributed by atoms with Crippen LogP contribution in [0, 0.1) is 6.92 Å². The van der Waals surface area contributed by atoms with Crippen LogP contribution in [0.5, 0.6) is 0 Å². The van der Waals surface area contributed by atoms with Crippen molar-refractivity contribution in [1.29, 1.82) is 0 Å². The molecule has 1 aliphatic carbocycles. The molecule has 0 aromatic carbocycles. The van der Waals surface area contributed by atoms with Crippen molar-refractivity contribution in [3.63, 3.8) is 0 Å². The Morgan fingerprint density at radius 3 is 2.95 bits per heavy atom. The van der Waals surface area contributed by atoms with Crippen LogP contribution in [0.2, 0.25) is 0 Å². The van der Waals surface area contributed by atoms with Crippen LogP contribution < -0.4 is 5.32 Å². The average Bonchev–Trinajstić information content (AvgIpc) is 3.11. The molecule has 0 spiro atoms. The molecule has 1 fully saturated rings. The van der Waals surface area contributed by atoms with Crippen LogP contribution in [0.3, 0.4) is 0 Å². The second-order valence-corrected chi connectivity index (χ2v) is 4.41. The van der Waals surface area contributed by atoms with Crippen molar-refractivity contribution in [2.75, 3.05) is 6.61 Å². The molecule has 7 heteroatoms. The van der Waals surface area contributed by atoms with Gasteiger partial charge in [-0.05, 0) is 19.8 Å². The monoisotopic (exact) mass is 264 g/mol. The Morgan fingerprint density at radius 2 is 2.32 bits per heavy atom. The molecule has 0 unspecified atom stereocenters. The van der Waals surface area contributed by atoms with Crippen molar-refractivity contribution in [2.45, 2.75) is 32.4 Å². The Morgan fingerprint density at radius 1 is 1.58 bits per heavy atom. The van der Waals surface area contributed by atoms with E-state index in [4.69, 9.17) is 4.74 Å². The van der Waals surface area contributed by atoms with Crippen molar-refractivity contribution in [2.24, 2.45) is 0 Å². The van der Waals surface area contributed by atoms with Crippen LogP contribution in [-0.2, 0) is 16.1 Å². The number of carbonyl (C=O) groups is 2. The second kappa shape index (κ2) is 5.64. The minimum atomic E-state index is -0.564. The summed E-state index contributed by atoms with van der Waals surface area (Å²) >= 11 is 0. The van der Waals surface area contributed by atoms with E-state index in [1.807, 2.05) is 0 Å². The highest BCUT2D eigenvalue weighted by atomic mass is 16.5. The molecule has 0 bridgehead atoms. The minimum absolute atomic E-state index is 0.0596. The van der Waals surface area contributed by atoms with Gasteiger partial charge in [0.1, 0.15) is 13.2 Å². The normalized spacial score (nSPS) is 13.9. The summed E-state index contributed by atoms with van der Waals surface area (Å²) in [4.78, 5) is 23.3. The predicted molar refractivity (Wildman–Crippen MR) is 66.4 cm³/mol. The number of rotatable bonds is 6. The maximum Gasteiger partial charge on any atom is 0.361 e. The first-order chi connectivity index (χ1) is 9.11. The molecule has 1 N–H and O–H groups in total. The van der Waals surface area contributed by atoms with Crippen molar-refractivity contribution < 1.29 is 14.3 Å².